The zero-order chi connectivity index (χ0) is 18.8. The third-order valence-corrected chi connectivity index (χ3v) is 5.62. The number of aryl methyl sites for hydroxylation is 2. The number of pyridine rings is 2. The number of likely N-dealkylation sites (tertiary alicyclic amines) is 1. The Labute approximate surface area is 157 Å². The number of rotatable bonds is 4. The summed E-state index contributed by atoms with van der Waals surface area (Å²) in [4.78, 5) is 34.2. The van der Waals surface area contributed by atoms with Crippen LogP contribution in [-0.2, 0) is 13.5 Å². The topological polar surface area (TPSA) is 71.0 Å². The molecule has 0 unspecified atom stereocenters. The Kier molecular flexibility index (Phi) is 4.79. The minimum Gasteiger partial charge on any atom is -0.357 e. The first-order chi connectivity index (χ1) is 13.1. The Morgan fingerprint density at radius 3 is 2.70 bits per heavy atom. The Balaban J connectivity index is 1.41. The van der Waals surface area contributed by atoms with Crippen LogP contribution in [0.3, 0.4) is 0 Å². The van der Waals surface area contributed by atoms with E-state index in [9.17, 15) is 9.59 Å². The molecule has 3 aromatic rings. The number of nitrogens with one attached hydrogen (secondary N) is 1. The van der Waals surface area contributed by atoms with Crippen molar-refractivity contribution >= 4 is 16.8 Å². The van der Waals surface area contributed by atoms with Crippen LogP contribution in [-0.4, -0.2) is 38.4 Å². The van der Waals surface area contributed by atoms with Crippen molar-refractivity contribution < 1.29 is 4.79 Å². The van der Waals surface area contributed by atoms with Crippen molar-refractivity contribution in [3.8, 4) is 0 Å². The summed E-state index contributed by atoms with van der Waals surface area (Å²) < 4.78 is 1.48. The lowest BCUT2D eigenvalue weighted by Crippen LogP contribution is -2.39. The van der Waals surface area contributed by atoms with E-state index in [1.807, 2.05) is 23.4 Å². The van der Waals surface area contributed by atoms with Crippen molar-refractivity contribution in [1.29, 1.82) is 0 Å². The predicted octanol–water partition coefficient (Wildman–Crippen LogP) is 2.75. The van der Waals surface area contributed by atoms with Crippen molar-refractivity contribution in [2.24, 2.45) is 13.0 Å². The van der Waals surface area contributed by atoms with Gasteiger partial charge in [0, 0.05) is 50.3 Å². The molecule has 0 spiro atoms. The van der Waals surface area contributed by atoms with Gasteiger partial charge in [0.2, 0.25) is 0 Å². The molecule has 0 saturated carbocycles. The summed E-state index contributed by atoms with van der Waals surface area (Å²) in [6.07, 6.45) is 11.3. The molecule has 1 amide bonds. The fourth-order valence-electron chi connectivity index (χ4n) is 3.95. The van der Waals surface area contributed by atoms with Crippen LogP contribution in [0, 0.1) is 5.92 Å². The van der Waals surface area contributed by atoms with Crippen molar-refractivity contribution in [1.82, 2.24) is 19.4 Å². The number of hydrogen-bond donors (Lipinski definition) is 1. The Morgan fingerprint density at radius 1 is 1.22 bits per heavy atom. The number of carbonyl (C=O) groups is 1. The molecule has 0 aliphatic carbocycles. The number of nitrogens with zero attached hydrogens (tertiary/aromatic N) is 3. The van der Waals surface area contributed by atoms with Crippen LogP contribution in [0.5, 0.6) is 0 Å². The minimum atomic E-state index is -0.110. The second-order valence-electron chi connectivity index (χ2n) is 7.35. The Hall–Kier alpha value is -2.89. The summed E-state index contributed by atoms with van der Waals surface area (Å²) in [6, 6.07) is 5.95. The van der Waals surface area contributed by atoms with Gasteiger partial charge >= 0.3 is 0 Å². The van der Waals surface area contributed by atoms with Gasteiger partial charge in [0.05, 0.1) is 5.56 Å². The molecule has 27 heavy (non-hydrogen) atoms. The van der Waals surface area contributed by atoms with E-state index in [0.29, 0.717) is 22.4 Å². The molecular weight excluding hydrogens is 340 g/mol. The molecule has 3 aromatic heterocycles. The highest BCUT2D eigenvalue weighted by Crippen LogP contribution is 2.25. The van der Waals surface area contributed by atoms with Gasteiger partial charge in [0.25, 0.3) is 11.5 Å². The first kappa shape index (κ1) is 17.5. The zero-order valence-electron chi connectivity index (χ0n) is 15.5. The predicted molar refractivity (Wildman–Crippen MR) is 105 cm³/mol. The van der Waals surface area contributed by atoms with E-state index in [-0.39, 0.29) is 11.5 Å². The van der Waals surface area contributed by atoms with Gasteiger partial charge in [-0.3, -0.25) is 14.6 Å². The van der Waals surface area contributed by atoms with Crippen LogP contribution in [0.2, 0.25) is 0 Å². The zero-order valence-corrected chi connectivity index (χ0v) is 15.5. The first-order valence-electron chi connectivity index (χ1n) is 9.48. The Morgan fingerprint density at radius 2 is 1.96 bits per heavy atom. The van der Waals surface area contributed by atoms with E-state index in [2.05, 4.69) is 22.1 Å². The van der Waals surface area contributed by atoms with Gasteiger partial charge in [0.1, 0.15) is 5.52 Å². The van der Waals surface area contributed by atoms with Crippen LogP contribution in [0.4, 0.5) is 0 Å². The van der Waals surface area contributed by atoms with Gasteiger partial charge in [-0.05, 0) is 55.4 Å². The van der Waals surface area contributed by atoms with Gasteiger partial charge in [-0.2, -0.15) is 0 Å². The van der Waals surface area contributed by atoms with Crippen molar-refractivity contribution in [2.75, 3.05) is 13.1 Å². The number of hydrogen-bond acceptors (Lipinski definition) is 3. The number of H-pyrrole nitrogens is 1. The lowest BCUT2D eigenvalue weighted by Gasteiger charge is -2.32. The standard InChI is InChI=1S/C21H24N4O2/c1-24-14-18(17-6-11-23-19(17)21(24)27)20(26)25-12-7-16(8-13-25)3-2-15-4-9-22-10-5-15/h4-6,9-11,14,16,23H,2-3,7-8,12-13H2,1H3. The monoisotopic (exact) mass is 364 g/mol. The molecule has 0 atom stereocenters. The van der Waals surface area contributed by atoms with E-state index >= 15 is 0 Å². The summed E-state index contributed by atoms with van der Waals surface area (Å²) in [6.45, 7) is 1.54. The number of amides is 1. The molecule has 1 aliphatic heterocycles. The summed E-state index contributed by atoms with van der Waals surface area (Å²) >= 11 is 0. The van der Waals surface area contributed by atoms with Crippen LogP contribution < -0.4 is 5.56 Å². The smallest absolute Gasteiger partial charge is 0.274 e. The molecular formula is C21H24N4O2. The largest absolute Gasteiger partial charge is 0.357 e. The van der Waals surface area contributed by atoms with Gasteiger partial charge < -0.3 is 14.5 Å². The highest BCUT2D eigenvalue weighted by atomic mass is 16.2. The number of piperidine rings is 1. The first-order valence-corrected chi connectivity index (χ1v) is 9.48. The van der Waals surface area contributed by atoms with Crippen molar-refractivity contribution in [3.05, 3.63) is 64.5 Å². The number of fused-ring (bicyclic) bond motifs is 1. The molecule has 1 fully saturated rings. The maximum Gasteiger partial charge on any atom is 0.274 e. The maximum absolute atomic E-state index is 13.1. The van der Waals surface area contributed by atoms with Crippen LogP contribution >= 0.6 is 0 Å². The Bertz CT molecular complexity index is 998. The molecule has 6 nitrogen and oxygen atoms in total. The van der Waals surface area contributed by atoms with Crippen LogP contribution in [0.25, 0.3) is 10.9 Å². The third kappa shape index (κ3) is 3.52. The average molecular weight is 364 g/mol. The SMILES string of the molecule is Cn1cc(C(=O)N2CCC(CCc3ccncc3)CC2)c2cc[nH]c2c1=O. The molecule has 140 valence electrons. The summed E-state index contributed by atoms with van der Waals surface area (Å²) in [7, 11) is 1.69. The molecule has 1 aliphatic rings. The fourth-order valence-corrected chi connectivity index (χ4v) is 3.95. The fraction of sp³-hybridized carbons (Fsp3) is 0.381. The van der Waals surface area contributed by atoms with E-state index in [1.54, 1.807) is 19.4 Å². The highest BCUT2D eigenvalue weighted by Gasteiger charge is 2.25. The van der Waals surface area contributed by atoms with E-state index in [1.165, 1.54) is 10.1 Å². The second-order valence-corrected chi connectivity index (χ2v) is 7.35. The summed E-state index contributed by atoms with van der Waals surface area (Å²) in [5, 5.41) is 0.711. The summed E-state index contributed by atoms with van der Waals surface area (Å²) in [5.41, 5.74) is 2.31. The van der Waals surface area contributed by atoms with Crippen molar-refractivity contribution in [3.63, 3.8) is 0 Å². The van der Waals surface area contributed by atoms with Gasteiger partial charge in [-0.1, -0.05) is 0 Å². The lowest BCUT2D eigenvalue weighted by molar-refractivity contribution is 0.0688. The second kappa shape index (κ2) is 7.39. The van der Waals surface area contributed by atoms with E-state index in [4.69, 9.17) is 0 Å². The maximum atomic E-state index is 13.1. The third-order valence-electron chi connectivity index (χ3n) is 5.62. The lowest BCUT2D eigenvalue weighted by atomic mass is 9.90. The molecule has 4 rings (SSSR count). The van der Waals surface area contributed by atoms with Gasteiger partial charge in [-0.15, -0.1) is 0 Å². The van der Waals surface area contributed by atoms with Crippen LogP contribution in [0.1, 0.15) is 35.2 Å². The van der Waals surface area contributed by atoms with E-state index in [0.717, 1.165) is 38.8 Å². The number of carbonyl (C=O) groups excluding carboxylic acids is 1. The minimum absolute atomic E-state index is 0.0165. The van der Waals surface area contributed by atoms with Gasteiger partial charge in [-0.25, -0.2) is 0 Å². The molecule has 1 N–H and O–H groups in total. The molecule has 0 radical (unpaired) electrons. The molecule has 1 saturated heterocycles. The average Bonchev–Trinajstić information content (AvgIpc) is 3.20. The molecule has 6 heteroatoms. The van der Waals surface area contributed by atoms with Gasteiger partial charge in [0.15, 0.2) is 0 Å². The molecule has 0 aromatic carbocycles. The highest BCUT2D eigenvalue weighted by molar-refractivity contribution is 6.05. The molecule has 0 bridgehead atoms. The summed E-state index contributed by atoms with van der Waals surface area (Å²) in [5.74, 6) is 0.664. The molecule has 4 heterocycles. The van der Waals surface area contributed by atoms with Crippen molar-refractivity contribution in [2.45, 2.75) is 25.7 Å². The number of aromatic amines is 1. The normalized spacial score (nSPS) is 15.4. The number of aromatic nitrogens is 3. The van der Waals surface area contributed by atoms with E-state index < -0.39 is 0 Å². The quantitative estimate of drug-likeness (QED) is 0.774. The van der Waals surface area contributed by atoms with Crippen LogP contribution in [0.15, 0.2) is 47.8 Å².